The smallest absolute Gasteiger partial charge is 0.269 e. The van der Waals surface area contributed by atoms with Crippen molar-refractivity contribution < 1.29 is 4.92 Å². The molecule has 0 unspecified atom stereocenters. The van der Waals surface area contributed by atoms with Gasteiger partial charge in [-0.1, -0.05) is 26.0 Å². The van der Waals surface area contributed by atoms with Crippen LogP contribution in [-0.4, -0.2) is 4.92 Å². The maximum atomic E-state index is 10.5. The molecule has 0 aliphatic carbocycles. The van der Waals surface area contributed by atoms with Gasteiger partial charge in [0.05, 0.1) is 4.92 Å². The summed E-state index contributed by atoms with van der Waals surface area (Å²) < 4.78 is 0. The SMILES string of the molecule is CC(C)CC[C@H](N)c1ccc([N+](=O)[O-])cc1. The van der Waals surface area contributed by atoms with Crippen molar-refractivity contribution in [2.24, 2.45) is 11.7 Å². The van der Waals surface area contributed by atoms with Gasteiger partial charge in [0.2, 0.25) is 0 Å². The van der Waals surface area contributed by atoms with E-state index >= 15 is 0 Å². The molecule has 0 heterocycles. The number of nitrogens with two attached hydrogens (primary N) is 1. The van der Waals surface area contributed by atoms with Crippen LogP contribution < -0.4 is 5.73 Å². The summed E-state index contributed by atoms with van der Waals surface area (Å²) in [6, 6.07) is 6.46. The highest BCUT2D eigenvalue weighted by Crippen LogP contribution is 2.21. The lowest BCUT2D eigenvalue weighted by molar-refractivity contribution is -0.384. The van der Waals surface area contributed by atoms with E-state index in [2.05, 4.69) is 13.8 Å². The number of nitro groups is 1. The van der Waals surface area contributed by atoms with Gasteiger partial charge < -0.3 is 5.73 Å². The van der Waals surface area contributed by atoms with Gasteiger partial charge in [-0.05, 0) is 24.3 Å². The molecule has 0 aromatic heterocycles. The zero-order valence-electron chi connectivity index (χ0n) is 9.72. The predicted octanol–water partition coefficient (Wildman–Crippen LogP) is 3.03. The largest absolute Gasteiger partial charge is 0.324 e. The van der Waals surface area contributed by atoms with Crippen molar-refractivity contribution in [1.82, 2.24) is 0 Å². The highest BCUT2D eigenvalue weighted by atomic mass is 16.6. The summed E-state index contributed by atoms with van der Waals surface area (Å²) in [6.07, 6.45) is 1.98. The number of hydrogen-bond acceptors (Lipinski definition) is 3. The van der Waals surface area contributed by atoms with E-state index in [-0.39, 0.29) is 11.7 Å². The summed E-state index contributed by atoms with van der Waals surface area (Å²) in [5.74, 6) is 0.629. The molecule has 0 saturated heterocycles. The van der Waals surface area contributed by atoms with Crippen LogP contribution in [0, 0.1) is 16.0 Å². The maximum Gasteiger partial charge on any atom is 0.269 e. The molecule has 1 atom stereocenters. The first kappa shape index (κ1) is 12.6. The maximum absolute atomic E-state index is 10.5. The molecular formula is C12H18N2O2. The van der Waals surface area contributed by atoms with Crippen molar-refractivity contribution >= 4 is 5.69 Å². The molecule has 4 heteroatoms. The first-order chi connectivity index (χ1) is 7.50. The molecule has 0 radical (unpaired) electrons. The average molecular weight is 222 g/mol. The van der Waals surface area contributed by atoms with Crippen molar-refractivity contribution in [3.8, 4) is 0 Å². The summed E-state index contributed by atoms with van der Waals surface area (Å²) in [6.45, 7) is 4.31. The van der Waals surface area contributed by atoms with Gasteiger partial charge in [0, 0.05) is 18.2 Å². The molecule has 4 nitrogen and oxygen atoms in total. The number of rotatable bonds is 5. The molecule has 0 bridgehead atoms. The average Bonchev–Trinajstić information content (AvgIpc) is 2.26. The molecule has 0 amide bonds. The van der Waals surface area contributed by atoms with Gasteiger partial charge in [-0.15, -0.1) is 0 Å². The van der Waals surface area contributed by atoms with E-state index in [1.54, 1.807) is 12.1 Å². The summed E-state index contributed by atoms with van der Waals surface area (Å²) in [7, 11) is 0. The summed E-state index contributed by atoms with van der Waals surface area (Å²) in [5.41, 5.74) is 7.07. The van der Waals surface area contributed by atoms with Crippen LogP contribution in [0.25, 0.3) is 0 Å². The predicted molar refractivity (Wildman–Crippen MR) is 64.1 cm³/mol. The Labute approximate surface area is 95.6 Å². The van der Waals surface area contributed by atoms with Crippen LogP contribution in [0.15, 0.2) is 24.3 Å². The van der Waals surface area contributed by atoms with Crippen LogP contribution in [0.1, 0.15) is 38.3 Å². The van der Waals surface area contributed by atoms with Gasteiger partial charge in [-0.3, -0.25) is 10.1 Å². The van der Waals surface area contributed by atoms with E-state index in [1.807, 2.05) is 0 Å². The Morgan fingerprint density at radius 3 is 2.25 bits per heavy atom. The Morgan fingerprint density at radius 2 is 1.81 bits per heavy atom. The topological polar surface area (TPSA) is 69.2 Å². The Hall–Kier alpha value is -1.42. The number of hydrogen-bond donors (Lipinski definition) is 1. The van der Waals surface area contributed by atoms with E-state index in [0.29, 0.717) is 5.92 Å². The van der Waals surface area contributed by atoms with Crippen molar-refractivity contribution in [1.29, 1.82) is 0 Å². The fourth-order valence-electron chi connectivity index (χ4n) is 1.52. The summed E-state index contributed by atoms with van der Waals surface area (Å²) in [5, 5.41) is 10.5. The number of nitrogens with zero attached hydrogens (tertiary/aromatic N) is 1. The minimum atomic E-state index is -0.399. The van der Waals surface area contributed by atoms with Crippen LogP contribution in [0.4, 0.5) is 5.69 Å². The van der Waals surface area contributed by atoms with Crippen LogP contribution in [0.3, 0.4) is 0 Å². The van der Waals surface area contributed by atoms with E-state index in [0.717, 1.165) is 18.4 Å². The monoisotopic (exact) mass is 222 g/mol. The molecule has 0 spiro atoms. The molecule has 88 valence electrons. The standard InChI is InChI=1S/C12H18N2O2/c1-9(2)3-8-12(13)10-4-6-11(7-5-10)14(15)16/h4-7,9,12H,3,8,13H2,1-2H3/t12-/m0/s1. The van der Waals surface area contributed by atoms with Crippen LogP contribution in [0.2, 0.25) is 0 Å². The second kappa shape index (κ2) is 5.61. The fourth-order valence-corrected chi connectivity index (χ4v) is 1.52. The minimum Gasteiger partial charge on any atom is -0.324 e. The van der Waals surface area contributed by atoms with Gasteiger partial charge in [-0.2, -0.15) is 0 Å². The van der Waals surface area contributed by atoms with Gasteiger partial charge in [0.25, 0.3) is 5.69 Å². The molecule has 1 aromatic carbocycles. The highest BCUT2D eigenvalue weighted by Gasteiger charge is 2.09. The molecule has 1 rings (SSSR count). The lowest BCUT2D eigenvalue weighted by Crippen LogP contribution is -2.11. The van der Waals surface area contributed by atoms with Gasteiger partial charge in [0.1, 0.15) is 0 Å². The second-order valence-corrected chi connectivity index (χ2v) is 4.43. The van der Waals surface area contributed by atoms with Crippen LogP contribution >= 0.6 is 0 Å². The number of nitro benzene ring substituents is 1. The van der Waals surface area contributed by atoms with E-state index < -0.39 is 4.92 Å². The van der Waals surface area contributed by atoms with Gasteiger partial charge in [-0.25, -0.2) is 0 Å². The van der Waals surface area contributed by atoms with Crippen molar-refractivity contribution in [2.75, 3.05) is 0 Å². The third-order valence-electron chi connectivity index (χ3n) is 2.59. The number of benzene rings is 1. The lowest BCUT2D eigenvalue weighted by atomic mass is 9.98. The molecule has 0 aliphatic heterocycles. The molecule has 1 aromatic rings. The molecule has 0 saturated carbocycles. The molecule has 0 fully saturated rings. The normalized spacial score (nSPS) is 12.8. The van der Waals surface area contributed by atoms with Gasteiger partial charge in [0.15, 0.2) is 0 Å². The number of non-ortho nitro benzene ring substituents is 1. The quantitative estimate of drug-likeness (QED) is 0.615. The van der Waals surface area contributed by atoms with Crippen LogP contribution in [0.5, 0.6) is 0 Å². The third-order valence-corrected chi connectivity index (χ3v) is 2.59. The van der Waals surface area contributed by atoms with E-state index in [1.165, 1.54) is 12.1 Å². The summed E-state index contributed by atoms with van der Waals surface area (Å²) >= 11 is 0. The molecule has 16 heavy (non-hydrogen) atoms. The third kappa shape index (κ3) is 3.62. The highest BCUT2D eigenvalue weighted by molar-refractivity contribution is 5.34. The molecule has 0 aliphatic rings. The van der Waals surface area contributed by atoms with Crippen LogP contribution in [-0.2, 0) is 0 Å². The minimum absolute atomic E-state index is 0.0248. The van der Waals surface area contributed by atoms with Crippen molar-refractivity contribution in [2.45, 2.75) is 32.7 Å². The first-order valence-corrected chi connectivity index (χ1v) is 5.50. The Bertz CT molecular complexity index is 347. The Kier molecular flexibility index (Phi) is 4.43. The lowest BCUT2D eigenvalue weighted by Gasteiger charge is -2.13. The van der Waals surface area contributed by atoms with Gasteiger partial charge >= 0.3 is 0 Å². The second-order valence-electron chi connectivity index (χ2n) is 4.43. The zero-order valence-corrected chi connectivity index (χ0v) is 9.72. The van der Waals surface area contributed by atoms with Crippen molar-refractivity contribution in [3.05, 3.63) is 39.9 Å². The van der Waals surface area contributed by atoms with Crippen molar-refractivity contribution in [3.63, 3.8) is 0 Å². The fraction of sp³-hybridized carbons (Fsp3) is 0.500. The Balaban J connectivity index is 2.63. The zero-order chi connectivity index (χ0) is 12.1. The summed E-state index contributed by atoms with van der Waals surface area (Å²) in [4.78, 5) is 10.1. The molecular weight excluding hydrogens is 204 g/mol. The Morgan fingerprint density at radius 1 is 1.25 bits per heavy atom. The van der Waals surface area contributed by atoms with E-state index in [4.69, 9.17) is 5.73 Å². The molecule has 2 N–H and O–H groups in total. The van der Waals surface area contributed by atoms with E-state index in [9.17, 15) is 10.1 Å². The first-order valence-electron chi connectivity index (χ1n) is 5.50.